The molecule has 152 valence electrons. The molecule has 1 atom stereocenters. The van der Waals surface area contributed by atoms with E-state index < -0.39 is 17.8 Å². The molecule has 1 aromatic heterocycles. The number of nitrogens with one attached hydrogen (secondary N) is 1. The van der Waals surface area contributed by atoms with E-state index in [1.165, 1.54) is 25.1 Å². The van der Waals surface area contributed by atoms with Crippen LogP contribution in [0.25, 0.3) is 0 Å². The minimum atomic E-state index is -4.50. The first-order chi connectivity index (χ1) is 13.7. The maximum absolute atomic E-state index is 13.3. The number of rotatable bonds is 6. The van der Waals surface area contributed by atoms with Crippen molar-refractivity contribution in [1.82, 2.24) is 0 Å². The molecule has 3 aromatic rings. The number of ether oxygens (including phenoxy) is 1. The highest BCUT2D eigenvalue weighted by Crippen LogP contribution is 2.40. The molecule has 0 spiro atoms. The number of halogens is 4. The van der Waals surface area contributed by atoms with Gasteiger partial charge in [0.05, 0.1) is 21.9 Å². The lowest BCUT2D eigenvalue weighted by Crippen LogP contribution is -2.13. The van der Waals surface area contributed by atoms with Gasteiger partial charge in [0.25, 0.3) is 0 Å². The van der Waals surface area contributed by atoms with Gasteiger partial charge >= 0.3 is 6.18 Å². The van der Waals surface area contributed by atoms with E-state index in [2.05, 4.69) is 21.2 Å². The molecule has 0 unspecified atom stereocenters. The number of nitrogens with two attached hydrogens (primary N) is 1. The fourth-order valence-electron chi connectivity index (χ4n) is 2.77. The lowest BCUT2D eigenvalue weighted by atomic mass is 10.0. The Morgan fingerprint density at radius 3 is 2.59 bits per heavy atom. The summed E-state index contributed by atoms with van der Waals surface area (Å²) in [4.78, 5) is 11.7. The maximum Gasteiger partial charge on any atom is 0.416 e. The number of nitrogen functional groups attached to an aromatic ring is 1. The molecule has 0 saturated carbocycles. The van der Waals surface area contributed by atoms with Crippen molar-refractivity contribution in [3.05, 3.63) is 69.0 Å². The molecular weight excluding hydrogens is 469 g/mol. The third-order valence-electron chi connectivity index (χ3n) is 4.11. The van der Waals surface area contributed by atoms with Crippen molar-refractivity contribution in [3.63, 3.8) is 0 Å². The molecule has 1 heterocycles. The number of hydrogen-bond donors (Lipinski definition) is 2. The maximum atomic E-state index is 13.3. The van der Waals surface area contributed by atoms with Crippen LogP contribution in [0.3, 0.4) is 0 Å². The van der Waals surface area contributed by atoms with E-state index in [9.17, 15) is 18.0 Å². The van der Waals surface area contributed by atoms with Gasteiger partial charge in [0.1, 0.15) is 16.7 Å². The molecule has 0 radical (unpaired) electrons. The summed E-state index contributed by atoms with van der Waals surface area (Å²) in [6.07, 6.45) is -4.80. The van der Waals surface area contributed by atoms with Gasteiger partial charge < -0.3 is 15.8 Å². The molecule has 0 aliphatic rings. The molecule has 9 heteroatoms. The summed E-state index contributed by atoms with van der Waals surface area (Å²) in [5.41, 5.74) is 6.32. The van der Waals surface area contributed by atoms with Crippen molar-refractivity contribution in [2.24, 2.45) is 0 Å². The Morgan fingerprint density at radius 2 is 1.93 bits per heavy atom. The Kier molecular flexibility index (Phi) is 6.18. The Morgan fingerprint density at radius 1 is 1.21 bits per heavy atom. The van der Waals surface area contributed by atoms with E-state index in [1.807, 2.05) is 0 Å². The first kappa shape index (κ1) is 21.2. The first-order valence-corrected chi connectivity index (χ1v) is 10.0. The Balaban J connectivity index is 1.86. The van der Waals surface area contributed by atoms with Gasteiger partial charge in [-0.15, -0.1) is 11.3 Å². The molecule has 0 amide bonds. The quantitative estimate of drug-likeness (QED) is 0.298. The van der Waals surface area contributed by atoms with Crippen LogP contribution in [0.15, 0.2) is 53.0 Å². The van der Waals surface area contributed by atoms with Crippen LogP contribution >= 0.6 is 27.3 Å². The molecule has 0 bridgehead atoms. The van der Waals surface area contributed by atoms with Crippen LogP contribution in [0, 0.1) is 0 Å². The lowest BCUT2D eigenvalue weighted by Gasteiger charge is -2.19. The van der Waals surface area contributed by atoms with Gasteiger partial charge in [-0.05, 0) is 31.2 Å². The third-order valence-corrected chi connectivity index (χ3v) is 5.56. The normalized spacial score (nSPS) is 12.4. The molecule has 2 aromatic carbocycles. The van der Waals surface area contributed by atoms with Crippen LogP contribution in [-0.4, -0.2) is 6.29 Å². The van der Waals surface area contributed by atoms with Crippen molar-refractivity contribution in [3.8, 4) is 5.75 Å². The number of anilines is 3. The summed E-state index contributed by atoms with van der Waals surface area (Å²) >= 11 is 4.45. The fourth-order valence-corrected chi connectivity index (χ4v) is 3.97. The zero-order valence-corrected chi connectivity index (χ0v) is 17.5. The third kappa shape index (κ3) is 4.91. The number of alkyl halides is 3. The summed E-state index contributed by atoms with van der Waals surface area (Å²) < 4.78 is 46.4. The second-order valence-electron chi connectivity index (χ2n) is 6.16. The van der Waals surface area contributed by atoms with Gasteiger partial charge in [-0.3, -0.25) is 4.79 Å². The minimum Gasteiger partial charge on any atom is -0.484 e. The van der Waals surface area contributed by atoms with Gasteiger partial charge in [-0.2, -0.15) is 13.2 Å². The summed E-state index contributed by atoms with van der Waals surface area (Å²) in [5, 5.41) is 3.67. The molecule has 0 saturated heterocycles. The van der Waals surface area contributed by atoms with Gasteiger partial charge in [0.15, 0.2) is 6.29 Å². The smallest absolute Gasteiger partial charge is 0.416 e. The zero-order valence-electron chi connectivity index (χ0n) is 15.1. The van der Waals surface area contributed by atoms with E-state index in [0.29, 0.717) is 22.7 Å². The van der Waals surface area contributed by atoms with E-state index in [-0.39, 0.29) is 16.2 Å². The zero-order chi connectivity index (χ0) is 21.2. The van der Waals surface area contributed by atoms with Crippen molar-refractivity contribution >= 4 is 49.9 Å². The highest BCUT2D eigenvalue weighted by Gasteiger charge is 2.34. The molecule has 3 N–H and O–H groups in total. The number of aldehydes is 1. The first-order valence-electron chi connectivity index (χ1n) is 8.43. The van der Waals surface area contributed by atoms with Crippen LogP contribution in [0.1, 0.15) is 33.8 Å². The molecule has 0 aliphatic carbocycles. The van der Waals surface area contributed by atoms with Crippen molar-refractivity contribution in [2.45, 2.75) is 19.2 Å². The SMILES string of the molecule is C[C@@H](Oc1cc(Nc2ccc(Br)cc2N)sc1C=O)c1ccccc1C(F)(F)F. The topological polar surface area (TPSA) is 64.3 Å². The lowest BCUT2D eigenvalue weighted by molar-refractivity contribution is -0.138. The highest BCUT2D eigenvalue weighted by atomic mass is 79.9. The van der Waals surface area contributed by atoms with Crippen molar-refractivity contribution in [1.29, 1.82) is 0 Å². The summed E-state index contributed by atoms with van der Waals surface area (Å²) in [5.74, 6) is 0.202. The highest BCUT2D eigenvalue weighted by molar-refractivity contribution is 9.10. The number of thiophene rings is 1. The van der Waals surface area contributed by atoms with Crippen molar-refractivity contribution in [2.75, 3.05) is 11.1 Å². The molecule has 0 aliphatic heterocycles. The summed E-state index contributed by atoms with van der Waals surface area (Å²) in [6, 6.07) is 12.1. The monoisotopic (exact) mass is 484 g/mol. The van der Waals surface area contributed by atoms with E-state index >= 15 is 0 Å². The van der Waals surface area contributed by atoms with Gasteiger partial charge in [-0.1, -0.05) is 34.1 Å². The number of benzene rings is 2. The molecule has 0 fully saturated rings. The number of hydrogen-bond acceptors (Lipinski definition) is 5. The van der Waals surface area contributed by atoms with Crippen LogP contribution in [-0.2, 0) is 6.18 Å². The van der Waals surface area contributed by atoms with Gasteiger partial charge in [0.2, 0.25) is 0 Å². The van der Waals surface area contributed by atoms with E-state index in [4.69, 9.17) is 10.5 Å². The number of carbonyl (C=O) groups is 1. The molecule has 4 nitrogen and oxygen atoms in total. The average molecular weight is 485 g/mol. The standard InChI is InChI=1S/C20H16BrF3N2O2S/c1-11(13-4-2-3-5-14(13)20(22,23)24)28-17-9-19(29-18(17)10-27)26-16-7-6-12(21)8-15(16)25/h2-11,26H,25H2,1H3/t11-/m1/s1. The Bertz CT molecular complexity index is 1040. The summed E-state index contributed by atoms with van der Waals surface area (Å²) in [7, 11) is 0. The Labute approximate surface area is 177 Å². The van der Waals surface area contributed by atoms with Crippen LogP contribution < -0.4 is 15.8 Å². The van der Waals surface area contributed by atoms with Gasteiger partial charge in [0, 0.05) is 16.1 Å². The Hall–Kier alpha value is -2.52. The van der Waals surface area contributed by atoms with Crippen molar-refractivity contribution < 1.29 is 22.7 Å². The van der Waals surface area contributed by atoms with E-state index in [0.717, 1.165) is 21.9 Å². The van der Waals surface area contributed by atoms with Crippen LogP contribution in [0.4, 0.5) is 29.5 Å². The average Bonchev–Trinajstić information content (AvgIpc) is 3.04. The molecule has 29 heavy (non-hydrogen) atoms. The fraction of sp³-hybridized carbons (Fsp3) is 0.150. The predicted octanol–water partition coefficient (Wildman–Crippen LogP) is 6.81. The minimum absolute atomic E-state index is 0.00490. The molecular formula is C20H16BrF3N2O2S. The van der Waals surface area contributed by atoms with Crippen LogP contribution in [0.5, 0.6) is 5.75 Å². The van der Waals surface area contributed by atoms with E-state index in [1.54, 1.807) is 24.3 Å². The van der Waals surface area contributed by atoms with Gasteiger partial charge in [-0.25, -0.2) is 0 Å². The summed E-state index contributed by atoms with van der Waals surface area (Å²) in [6.45, 7) is 1.51. The second-order valence-corrected chi connectivity index (χ2v) is 8.16. The van der Waals surface area contributed by atoms with Crippen LogP contribution in [0.2, 0.25) is 0 Å². The number of carbonyl (C=O) groups excluding carboxylic acids is 1. The predicted molar refractivity (Wildman–Crippen MR) is 112 cm³/mol. The largest absolute Gasteiger partial charge is 0.484 e. The second kappa shape index (κ2) is 8.46. The molecule has 3 rings (SSSR count).